The van der Waals surface area contributed by atoms with Gasteiger partial charge in [0.2, 0.25) is 11.9 Å². The molecule has 5 aromatic rings. The van der Waals surface area contributed by atoms with Crippen LogP contribution in [0.25, 0.3) is 27.7 Å². The monoisotopic (exact) mass is 525 g/mol. The predicted molar refractivity (Wildman–Crippen MR) is 151 cm³/mol. The summed E-state index contributed by atoms with van der Waals surface area (Å²) in [7, 11) is 0. The van der Waals surface area contributed by atoms with Crippen LogP contribution in [-0.4, -0.2) is 25.4 Å². The fourth-order valence-electron chi connectivity index (χ4n) is 4.28. The summed E-state index contributed by atoms with van der Waals surface area (Å²) in [5, 5.41) is 6.83. The standard InChI is InChI=1S/C28H24ClN7O2/c1-16(32-25-21(15-31-28(30)35-25)18-8-6-9-19(14-18)33-17(2)37)26-34-23-13-7-12-22(29)24(23)27(38)36(26)20-10-4-3-5-11-20/h3-16H,1-2H3,(H,33,37)(H3,30,31,32,35)/t16-/m0/s1. The van der Waals surface area contributed by atoms with Crippen molar-refractivity contribution in [3.05, 3.63) is 100 Å². The molecule has 0 saturated carbocycles. The molecule has 0 aliphatic rings. The predicted octanol–water partition coefficient (Wildman–Crippen LogP) is 5.21. The maximum atomic E-state index is 13.7. The van der Waals surface area contributed by atoms with Crippen LogP contribution in [-0.2, 0) is 4.79 Å². The normalized spacial score (nSPS) is 11.8. The molecule has 0 radical (unpaired) electrons. The molecule has 0 saturated heterocycles. The van der Waals surface area contributed by atoms with Gasteiger partial charge in [-0.05, 0) is 48.9 Å². The summed E-state index contributed by atoms with van der Waals surface area (Å²) >= 11 is 6.41. The molecule has 10 heteroatoms. The fraction of sp³-hybridized carbons (Fsp3) is 0.107. The molecule has 9 nitrogen and oxygen atoms in total. The highest BCUT2D eigenvalue weighted by Crippen LogP contribution is 2.31. The van der Waals surface area contributed by atoms with Crippen LogP contribution in [0.3, 0.4) is 0 Å². The minimum atomic E-state index is -0.488. The van der Waals surface area contributed by atoms with Gasteiger partial charge in [0.1, 0.15) is 11.6 Å². The van der Waals surface area contributed by atoms with Crippen molar-refractivity contribution in [2.24, 2.45) is 0 Å². The molecule has 0 fully saturated rings. The van der Waals surface area contributed by atoms with Crippen LogP contribution in [0, 0.1) is 0 Å². The van der Waals surface area contributed by atoms with Gasteiger partial charge in [0.15, 0.2) is 0 Å². The Hall–Kier alpha value is -4.76. The number of anilines is 3. The molecule has 5 rings (SSSR count). The number of para-hydroxylation sites is 1. The first-order chi connectivity index (χ1) is 18.3. The smallest absolute Gasteiger partial charge is 0.267 e. The zero-order valence-electron chi connectivity index (χ0n) is 20.6. The first kappa shape index (κ1) is 24.9. The number of nitrogens with one attached hydrogen (secondary N) is 2. The minimum absolute atomic E-state index is 0.0835. The van der Waals surface area contributed by atoms with E-state index in [1.54, 1.807) is 35.0 Å². The molecule has 190 valence electrons. The van der Waals surface area contributed by atoms with Crippen molar-refractivity contribution in [2.75, 3.05) is 16.4 Å². The van der Waals surface area contributed by atoms with Crippen LogP contribution in [0.5, 0.6) is 0 Å². The lowest BCUT2D eigenvalue weighted by Gasteiger charge is -2.21. The quantitative estimate of drug-likeness (QED) is 0.277. The van der Waals surface area contributed by atoms with Gasteiger partial charge in [0, 0.05) is 24.4 Å². The number of carbonyl (C=O) groups is 1. The number of benzene rings is 3. The molecule has 0 bridgehead atoms. The van der Waals surface area contributed by atoms with E-state index in [0.29, 0.717) is 44.5 Å². The minimum Gasteiger partial charge on any atom is -0.368 e. The van der Waals surface area contributed by atoms with E-state index in [-0.39, 0.29) is 17.4 Å². The molecule has 4 N–H and O–H groups in total. The van der Waals surface area contributed by atoms with Gasteiger partial charge in [-0.1, -0.05) is 48.0 Å². The Labute approximate surface area is 223 Å². The van der Waals surface area contributed by atoms with Crippen molar-refractivity contribution in [1.82, 2.24) is 19.5 Å². The average Bonchev–Trinajstić information content (AvgIpc) is 2.89. The maximum absolute atomic E-state index is 13.7. The third-order valence-corrected chi connectivity index (χ3v) is 6.24. The summed E-state index contributed by atoms with van der Waals surface area (Å²) < 4.78 is 1.55. The molecule has 0 unspecified atom stereocenters. The van der Waals surface area contributed by atoms with E-state index in [4.69, 9.17) is 22.3 Å². The van der Waals surface area contributed by atoms with Crippen molar-refractivity contribution in [2.45, 2.75) is 19.9 Å². The number of fused-ring (bicyclic) bond motifs is 1. The van der Waals surface area contributed by atoms with Crippen LogP contribution >= 0.6 is 11.6 Å². The van der Waals surface area contributed by atoms with Crippen molar-refractivity contribution < 1.29 is 4.79 Å². The Balaban J connectivity index is 1.63. The highest BCUT2D eigenvalue weighted by molar-refractivity contribution is 6.35. The molecular weight excluding hydrogens is 502 g/mol. The van der Waals surface area contributed by atoms with Crippen LogP contribution in [0.15, 0.2) is 83.8 Å². The summed E-state index contributed by atoms with van der Waals surface area (Å²) in [4.78, 5) is 38.7. The second-order valence-corrected chi connectivity index (χ2v) is 9.11. The maximum Gasteiger partial charge on any atom is 0.267 e. The van der Waals surface area contributed by atoms with Gasteiger partial charge in [-0.15, -0.1) is 0 Å². The topological polar surface area (TPSA) is 128 Å². The van der Waals surface area contributed by atoms with Gasteiger partial charge < -0.3 is 16.4 Å². The number of hydrogen-bond acceptors (Lipinski definition) is 7. The third kappa shape index (κ3) is 4.91. The third-order valence-electron chi connectivity index (χ3n) is 5.93. The average molecular weight is 526 g/mol. The van der Waals surface area contributed by atoms with Crippen molar-refractivity contribution in [3.8, 4) is 16.8 Å². The van der Waals surface area contributed by atoms with Gasteiger partial charge in [0.05, 0.1) is 27.7 Å². The number of rotatable bonds is 6. The Bertz CT molecular complexity index is 1720. The lowest BCUT2D eigenvalue weighted by Crippen LogP contribution is -2.27. The fourth-order valence-corrected chi connectivity index (χ4v) is 4.53. The van der Waals surface area contributed by atoms with Crippen LogP contribution in [0.1, 0.15) is 25.7 Å². The Kier molecular flexibility index (Phi) is 6.76. The first-order valence-corrected chi connectivity index (χ1v) is 12.2. The number of amides is 1. The van der Waals surface area contributed by atoms with E-state index in [1.807, 2.05) is 55.5 Å². The van der Waals surface area contributed by atoms with Gasteiger partial charge in [-0.25, -0.2) is 9.97 Å². The zero-order chi connectivity index (χ0) is 26.8. The number of carbonyl (C=O) groups excluding carboxylic acids is 1. The number of nitrogen functional groups attached to an aromatic ring is 1. The van der Waals surface area contributed by atoms with Gasteiger partial charge in [0.25, 0.3) is 5.56 Å². The molecule has 38 heavy (non-hydrogen) atoms. The van der Waals surface area contributed by atoms with E-state index < -0.39 is 6.04 Å². The van der Waals surface area contributed by atoms with Crippen molar-refractivity contribution in [1.29, 1.82) is 0 Å². The van der Waals surface area contributed by atoms with Gasteiger partial charge in [-0.2, -0.15) is 4.98 Å². The summed E-state index contributed by atoms with van der Waals surface area (Å²) in [6, 6.07) is 21.3. The largest absolute Gasteiger partial charge is 0.368 e. The van der Waals surface area contributed by atoms with Crippen LogP contribution in [0.2, 0.25) is 5.02 Å². The molecule has 0 spiro atoms. The van der Waals surface area contributed by atoms with Gasteiger partial charge >= 0.3 is 0 Å². The Morgan fingerprint density at radius 2 is 1.79 bits per heavy atom. The van der Waals surface area contributed by atoms with E-state index >= 15 is 0 Å². The lowest BCUT2D eigenvalue weighted by atomic mass is 10.1. The molecular formula is C28H24ClN7O2. The molecule has 3 aromatic carbocycles. The highest BCUT2D eigenvalue weighted by atomic mass is 35.5. The van der Waals surface area contributed by atoms with E-state index in [9.17, 15) is 9.59 Å². The number of halogens is 1. The molecule has 0 aliphatic carbocycles. The van der Waals surface area contributed by atoms with E-state index in [0.717, 1.165) is 5.56 Å². The molecule has 1 atom stereocenters. The van der Waals surface area contributed by atoms with E-state index in [2.05, 4.69) is 20.6 Å². The summed E-state index contributed by atoms with van der Waals surface area (Å²) in [5.41, 5.74) is 8.88. The van der Waals surface area contributed by atoms with Crippen LogP contribution < -0.4 is 21.9 Å². The molecule has 2 heterocycles. The summed E-state index contributed by atoms with van der Waals surface area (Å²) in [6.45, 7) is 3.33. The zero-order valence-corrected chi connectivity index (χ0v) is 21.4. The molecule has 0 aliphatic heterocycles. The first-order valence-electron chi connectivity index (χ1n) is 11.9. The van der Waals surface area contributed by atoms with Crippen LogP contribution in [0.4, 0.5) is 17.5 Å². The highest BCUT2D eigenvalue weighted by Gasteiger charge is 2.21. The van der Waals surface area contributed by atoms with Crippen molar-refractivity contribution in [3.63, 3.8) is 0 Å². The second kappa shape index (κ2) is 10.3. The SMILES string of the molecule is CC(=O)Nc1cccc(-c2cnc(N)nc2N[C@@H](C)c2nc3cccc(Cl)c3c(=O)n2-c2ccccc2)c1. The lowest BCUT2D eigenvalue weighted by molar-refractivity contribution is -0.114. The molecule has 1 amide bonds. The van der Waals surface area contributed by atoms with E-state index in [1.165, 1.54) is 6.92 Å². The number of aromatic nitrogens is 4. The van der Waals surface area contributed by atoms with Gasteiger partial charge in [-0.3, -0.25) is 14.2 Å². The number of hydrogen-bond donors (Lipinski definition) is 3. The summed E-state index contributed by atoms with van der Waals surface area (Å²) in [6.07, 6.45) is 1.61. The number of nitrogens with two attached hydrogens (primary N) is 1. The second-order valence-electron chi connectivity index (χ2n) is 8.70. The number of nitrogens with zero attached hydrogens (tertiary/aromatic N) is 4. The Morgan fingerprint density at radius 1 is 1.03 bits per heavy atom. The molecule has 2 aromatic heterocycles. The van der Waals surface area contributed by atoms with Crippen molar-refractivity contribution >= 4 is 45.9 Å². The summed E-state index contributed by atoms with van der Waals surface area (Å²) in [5.74, 6) is 0.820. The Morgan fingerprint density at radius 3 is 2.55 bits per heavy atom.